The summed E-state index contributed by atoms with van der Waals surface area (Å²) >= 11 is 3.18. The molecule has 1 aliphatic rings. The van der Waals surface area contributed by atoms with Gasteiger partial charge in [0.2, 0.25) is 11.8 Å². The number of rotatable bonds is 2. The maximum atomic E-state index is 13.2. The third-order valence-electron chi connectivity index (χ3n) is 2.73. The number of benzene rings is 1. The van der Waals surface area contributed by atoms with Crippen LogP contribution in [0.15, 0.2) is 22.7 Å². The molecule has 0 spiro atoms. The molecule has 0 aliphatic carbocycles. The van der Waals surface area contributed by atoms with Gasteiger partial charge in [-0.3, -0.25) is 14.5 Å². The number of nitrogens with zero attached hydrogens (tertiary/aromatic N) is 1. The van der Waals surface area contributed by atoms with Crippen LogP contribution in [0.4, 0.5) is 4.39 Å². The van der Waals surface area contributed by atoms with E-state index in [0.29, 0.717) is 10.0 Å². The van der Waals surface area contributed by atoms with E-state index in [9.17, 15) is 14.0 Å². The van der Waals surface area contributed by atoms with Crippen molar-refractivity contribution in [3.63, 3.8) is 0 Å². The second-order valence-corrected chi connectivity index (χ2v) is 5.12. The topological polar surface area (TPSA) is 37.4 Å². The van der Waals surface area contributed by atoms with E-state index in [2.05, 4.69) is 15.9 Å². The number of hydrogen-bond acceptors (Lipinski definition) is 2. The highest BCUT2D eigenvalue weighted by Crippen LogP contribution is 2.23. The van der Waals surface area contributed by atoms with Crippen LogP contribution in [0.3, 0.4) is 0 Å². The largest absolute Gasteiger partial charge is 0.278 e. The zero-order valence-corrected chi connectivity index (χ0v) is 10.8. The molecule has 1 saturated heterocycles. The molecule has 2 amide bonds. The Bertz CT molecular complexity index is 469. The molecule has 0 bridgehead atoms. The number of halogens is 2. The van der Waals surface area contributed by atoms with Crippen molar-refractivity contribution < 1.29 is 14.0 Å². The zero-order chi connectivity index (χ0) is 12.6. The molecule has 2 rings (SSSR count). The first-order valence-corrected chi connectivity index (χ1v) is 6.06. The molecule has 17 heavy (non-hydrogen) atoms. The SMILES string of the molecule is CC1CC(=O)N(Cc2cc(F)cc(Br)c2)C1=O. The van der Waals surface area contributed by atoms with E-state index >= 15 is 0 Å². The minimum Gasteiger partial charge on any atom is -0.278 e. The van der Waals surface area contributed by atoms with Crippen molar-refractivity contribution in [1.29, 1.82) is 0 Å². The Labute approximate surface area is 107 Å². The first kappa shape index (κ1) is 12.2. The third kappa shape index (κ3) is 2.54. The van der Waals surface area contributed by atoms with Gasteiger partial charge in [-0.15, -0.1) is 0 Å². The van der Waals surface area contributed by atoms with Gasteiger partial charge in [-0.05, 0) is 23.8 Å². The molecule has 1 fully saturated rings. The van der Waals surface area contributed by atoms with Crippen LogP contribution in [0.25, 0.3) is 0 Å². The highest BCUT2D eigenvalue weighted by Gasteiger charge is 2.35. The van der Waals surface area contributed by atoms with E-state index in [1.807, 2.05) is 0 Å². The van der Waals surface area contributed by atoms with Crippen molar-refractivity contribution in [1.82, 2.24) is 4.90 Å². The number of carbonyl (C=O) groups is 2. The summed E-state index contributed by atoms with van der Waals surface area (Å²) < 4.78 is 13.8. The summed E-state index contributed by atoms with van der Waals surface area (Å²) in [6, 6.07) is 4.36. The molecule has 1 heterocycles. The summed E-state index contributed by atoms with van der Waals surface area (Å²) in [5.41, 5.74) is 0.604. The average molecular weight is 300 g/mol. The van der Waals surface area contributed by atoms with Crippen molar-refractivity contribution in [2.24, 2.45) is 5.92 Å². The molecule has 0 N–H and O–H groups in total. The molecule has 1 aliphatic heterocycles. The maximum absolute atomic E-state index is 13.2. The minimum absolute atomic E-state index is 0.137. The Hall–Kier alpha value is -1.23. The number of likely N-dealkylation sites (tertiary alicyclic amines) is 1. The molecule has 5 heteroatoms. The van der Waals surface area contributed by atoms with Crippen LogP contribution >= 0.6 is 15.9 Å². The summed E-state index contributed by atoms with van der Waals surface area (Å²) in [7, 11) is 0. The standard InChI is InChI=1S/C12H11BrFNO2/c1-7-2-11(16)15(12(7)17)6-8-3-9(13)5-10(14)4-8/h3-5,7H,2,6H2,1H3. The molecule has 0 saturated carbocycles. The maximum Gasteiger partial charge on any atom is 0.232 e. The fourth-order valence-corrected chi connectivity index (χ4v) is 2.41. The third-order valence-corrected chi connectivity index (χ3v) is 3.19. The van der Waals surface area contributed by atoms with E-state index in [0.717, 1.165) is 0 Å². The normalized spacial score (nSPS) is 20.2. The fraction of sp³-hybridized carbons (Fsp3) is 0.333. The van der Waals surface area contributed by atoms with Crippen LogP contribution in [0.1, 0.15) is 18.9 Å². The van der Waals surface area contributed by atoms with Crippen molar-refractivity contribution >= 4 is 27.7 Å². The molecule has 1 atom stereocenters. The summed E-state index contributed by atoms with van der Waals surface area (Å²) in [4.78, 5) is 24.4. The minimum atomic E-state index is -0.387. The van der Waals surface area contributed by atoms with Gasteiger partial charge in [-0.2, -0.15) is 0 Å². The summed E-state index contributed by atoms with van der Waals surface area (Å²) in [5.74, 6) is -1.03. The van der Waals surface area contributed by atoms with Crippen LogP contribution in [0.5, 0.6) is 0 Å². The quantitative estimate of drug-likeness (QED) is 0.787. The predicted molar refractivity (Wildman–Crippen MR) is 63.4 cm³/mol. The summed E-state index contributed by atoms with van der Waals surface area (Å²) in [5, 5.41) is 0. The van der Waals surface area contributed by atoms with Crippen molar-refractivity contribution in [2.45, 2.75) is 19.9 Å². The van der Waals surface area contributed by atoms with E-state index in [1.165, 1.54) is 17.0 Å². The molecule has 0 aromatic heterocycles. The number of hydrogen-bond donors (Lipinski definition) is 0. The van der Waals surface area contributed by atoms with Gasteiger partial charge in [0.25, 0.3) is 0 Å². The Morgan fingerprint density at radius 3 is 2.65 bits per heavy atom. The van der Waals surface area contributed by atoms with E-state index < -0.39 is 0 Å². The Morgan fingerprint density at radius 2 is 2.12 bits per heavy atom. The first-order chi connectivity index (χ1) is 7.97. The van der Waals surface area contributed by atoms with Crippen LogP contribution < -0.4 is 0 Å². The Balaban J connectivity index is 2.21. The lowest BCUT2D eigenvalue weighted by atomic mass is 10.1. The van der Waals surface area contributed by atoms with Crippen molar-refractivity contribution in [2.75, 3.05) is 0 Å². The average Bonchev–Trinajstić information content (AvgIpc) is 2.44. The monoisotopic (exact) mass is 299 g/mol. The van der Waals surface area contributed by atoms with Crippen molar-refractivity contribution in [3.05, 3.63) is 34.1 Å². The zero-order valence-electron chi connectivity index (χ0n) is 9.24. The lowest BCUT2D eigenvalue weighted by Crippen LogP contribution is -2.29. The van der Waals surface area contributed by atoms with Crippen LogP contribution in [0, 0.1) is 11.7 Å². The predicted octanol–water partition coefficient (Wildman–Crippen LogP) is 2.48. The highest BCUT2D eigenvalue weighted by atomic mass is 79.9. The summed E-state index contributed by atoms with van der Waals surface area (Å²) in [6.45, 7) is 1.86. The van der Waals surface area contributed by atoms with Crippen LogP contribution in [-0.2, 0) is 16.1 Å². The Kier molecular flexibility index (Phi) is 3.28. The lowest BCUT2D eigenvalue weighted by molar-refractivity contribution is -0.139. The molecular formula is C12H11BrFNO2. The molecule has 0 radical (unpaired) electrons. The molecule has 90 valence electrons. The molecule has 1 aromatic carbocycles. The van der Waals surface area contributed by atoms with Gasteiger partial charge in [0.15, 0.2) is 0 Å². The van der Waals surface area contributed by atoms with Gasteiger partial charge in [-0.25, -0.2) is 4.39 Å². The van der Waals surface area contributed by atoms with Gasteiger partial charge in [0.1, 0.15) is 5.82 Å². The van der Waals surface area contributed by atoms with E-state index in [4.69, 9.17) is 0 Å². The number of amides is 2. The molecular weight excluding hydrogens is 289 g/mol. The van der Waals surface area contributed by atoms with Gasteiger partial charge in [0, 0.05) is 16.8 Å². The second kappa shape index (κ2) is 4.56. The number of carbonyl (C=O) groups excluding carboxylic acids is 2. The fourth-order valence-electron chi connectivity index (χ4n) is 1.90. The van der Waals surface area contributed by atoms with Gasteiger partial charge < -0.3 is 0 Å². The van der Waals surface area contributed by atoms with Crippen molar-refractivity contribution in [3.8, 4) is 0 Å². The van der Waals surface area contributed by atoms with E-state index in [1.54, 1.807) is 13.0 Å². The second-order valence-electron chi connectivity index (χ2n) is 4.20. The van der Waals surface area contributed by atoms with Crippen LogP contribution in [-0.4, -0.2) is 16.7 Å². The molecule has 1 unspecified atom stereocenters. The van der Waals surface area contributed by atoms with Gasteiger partial charge in [-0.1, -0.05) is 22.9 Å². The van der Waals surface area contributed by atoms with E-state index in [-0.39, 0.29) is 36.5 Å². The first-order valence-electron chi connectivity index (χ1n) is 5.26. The smallest absolute Gasteiger partial charge is 0.232 e. The lowest BCUT2D eigenvalue weighted by Gasteiger charge is -2.14. The molecule has 3 nitrogen and oxygen atoms in total. The van der Waals surface area contributed by atoms with Gasteiger partial charge >= 0.3 is 0 Å². The Morgan fingerprint density at radius 1 is 1.41 bits per heavy atom. The molecule has 1 aromatic rings. The highest BCUT2D eigenvalue weighted by molar-refractivity contribution is 9.10. The van der Waals surface area contributed by atoms with Crippen LogP contribution in [0.2, 0.25) is 0 Å². The summed E-state index contributed by atoms with van der Waals surface area (Å²) in [6.07, 6.45) is 0.245. The number of imide groups is 1. The van der Waals surface area contributed by atoms with Gasteiger partial charge in [0.05, 0.1) is 6.54 Å².